The van der Waals surface area contributed by atoms with Gasteiger partial charge in [0.15, 0.2) is 11.9 Å². The second kappa shape index (κ2) is 4.90. The Morgan fingerprint density at radius 3 is 2.57 bits per heavy atom. The lowest BCUT2D eigenvalue weighted by Crippen LogP contribution is -2.25. The number of carbonyl (C=O) groups is 1. The number of rotatable bonds is 2. The van der Waals surface area contributed by atoms with E-state index < -0.39 is 11.0 Å². The van der Waals surface area contributed by atoms with Crippen LogP contribution in [0.15, 0.2) is 42.5 Å². The minimum absolute atomic E-state index is 0.0349. The smallest absolute Gasteiger partial charge is 0.269 e. The molecule has 0 saturated heterocycles. The van der Waals surface area contributed by atoms with Gasteiger partial charge in [0.25, 0.3) is 5.69 Å². The summed E-state index contributed by atoms with van der Waals surface area (Å²) in [6.45, 7) is 0. The lowest BCUT2D eigenvalue weighted by Gasteiger charge is -2.25. The molecule has 2 aromatic carbocycles. The van der Waals surface area contributed by atoms with Crippen LogP contribution in [-0.4, -0.2) is 15.8 Å². The van der Waals surface area contributed by atoms with Gasteiger partial charge in [0, 0.05) is 29.7 Å². The van der Waals surface area contributed by atoms with Crippen LogP contribution < -0.4 is 4.74 Å². The van der Waals surface area contributed by atoms with Gasteiger partial charge in [0.2, 0.25) is 0 Å². The van der Waals surface area contributed by atoms with Gasteiger partial charge in [-0.3, -0.25) is 14.9 Å². The highest BCUT2D eigenvalue weighted by molar-refractivity contribution is 5.88. The van der Waals surface area contributed by atoms with Crippen molar-refractivity contribution in [3.8, 4) is 11.5 Å². The summed E-state index contributed by atoms with van der Waals surface area (Å²) in [6.07, 6.45) is -0.617. The van der Waals surface area contributed by atoms with Crippen molar-refractivity contribution in [1.82, 2.24) is 0 Å². The van der Waals surface area contributed by atoms with Crippen LogP contribution in [-0.2, 0) is 11.2 Å². The topological polar surface area (TPSA) is 89.7 Å². The summed E-state index contributed by atoms with van der Waals surface area (Å²) in [6, 6.07) is 10.3. The minimum atomic E-state index is -0.775. The molecule has 1 atom stereocenters. The number of aromatic hydroxyl groups is 1. The highest BCUT2D eigenvalue weighted by atomic mass is 16.6. The third-order valence-corrected chi connectivity index (χ3v) is 3.35. The van der Waals surface area contributed by atoms with E-state index in [1.807, 2.05) is 0 Å². The molecule has 2 aromatic rings. The molecule has 106 valence electrons. The quantitative estimate of drug-likeness (QED) is 0.676. The first kappa shape index (κ1) is 13.1. The molecule has 0 spiro atoms. The standard InChI is InChI=1S/C15H11NO5/c17-12-5-6-14-10(7-12)8-13(18)15(21-14)9-1-3-11(4-2-9)16(19)20/h1-7,15,17H,8H2. The van der Waals surface area contributed by atoms with E-state index in [-0.39, 0.29) is 23.6 Å². The maximum absolute atomic E-state index is 12.1. The van der Waals surface area contributed by atoms with Gasteiger partial charge in [-0.05, 0) is 30.3 Å². The lowest BCUT2D eigenvalue weighted by molar-refractivity contribution is -0.384. The van der Waals surface area contributed by atoms with Crippen molar-refractivity contribution in [2.24, 2.45) is 0 Å². The van der Waals surface area contributed by atoms with Crippen LogP contribution in [0.1, 0.15) is 17.2 Å². The van der Waals surface area contributed by atoms with Crippen LogP contribution in [0.5, 0.6) is 11.5 Å². The predicted octanol–water partition coefficient (Wildman–Crippen LogP) is 2.55. The van der Waals surface area contributed by atoms with E-state index in [1.54, 1.807) is 6.07 Å². The first-order valence-electron chi connectivity index (χ1n) is 6.30. The zero-order valence-corrected chi connectivity index (χ0v) is 10.9. The zero-order chi connectivity index (χ0) is 15.0. The summed E-state index contributed by atoms with van der Waals surface area (Å²) >= 11 is 0. The van der Waals surface area contributed by atoms with E-state index in [0.717, 1.165) is 0 Å². The number of phenols is 1. The molecule has 0 fully saturated rings. The summed E-state index contributed by atoms with van der Waals surface area (Å²) < 4.78 is 5.66. The van der Waals surface area contributed by atoms with Crippen molar-refractivity contribution in [2.75, 3.05) is 0 Å². The van der Waals surface area contributed by atoms with E-state index in [0.29, 0.717) is 16.9 Å². The summed E-state index contributed by atoms with van der Waals surface area (Å²) in [4.78, 5) is 22.3. The molecule has 6 heteroatoms. The molecule has 0 amide bonds. The molecule has 6 nitrogen and oxygen atoms in total. The number of fused-ring (bicyclic) bond motifs is 1. The van der Waals surface area contributed by atoms with Crippen LogP contribution in [0.4, 0.5) is 5.69 Å². The number of Topliss-reactive ketones (excluding diaryl/α,β-unsaturated/α-hetero) is 1. The number of hydrogen-bond donors (Lipinski definition) is 1. The molecule has 1 aliphatic heterocycles. The Hall–Kier alpha value is -2.89. The third kappa shape index (κ3) is 2.43. The van der Waals surface area contributed by atoms with Crippen molar-refractivity contribution in [3.63, 3.8) is 0 Å². The molecule has 0 radical (unpaired) electrons. The van der Waals surface area contributed by atoms with Gasteiger partial charge < -0.3 is 9.84 Å². The number of nitro benzene ring substituents is 1. The molecule has 1 N–H and O–H groups in total. The average Bonchev–Trinajstić information content (AvgIpc) is 2.46. The normalized spacial score (nSPS) is 17.0. The molecule has 0 aliphatic carbocycles. The summed E-state index contributed by atoms with van der Waals surface area (Å²) in [5.74, 6) is 0.469. The molecule has 3 rings (SSSR count). The molecule has 0 aromatic heterocycles. The Morgan fingerprint density at radius 1 is 1.19 bits per heavy atom. The molecule has 0 saturated carbocycles. The fourth-order valence-corrected chi connectivity index (χ4v) is 2.32. The van der Waals surface area contributed by atoms with E-state index in [1.165, 1.54) is 36.4 Å². The predicted molar refractivity (Wildman–Crippen MR) is 73.3 cm³/mol. The van der Waals surface area contributed by atoms with Crippen LogP contribution >= 0.6 is 0 Å². The highest BCUT2D eigenvalue weighted by Gasteiger charge is 2.29. The van der Waals surface area contributed by atoms with Crippen molar-refractivity contribution in [3.05, 3.63) is 63.7 Å². The number of nitro groups is 1. The zero-order valence-electron chi connectivity index (χ0n) is 10.9. The lowest BCUT2D eigenvalue weighted by atomic mass is 9.96. The van der Waals surface area contributed by atoms with Gasteiger partial charge in [0.1, 0.15) is 11.5 Å². The van der Waals surface area contributed by atoms with Crippen molar-refractivity contribution >= 4 is 11.5 Å². The van der Waals surface area contributed by atoms with Gasteiger partial charge in [-0.2, -0.15) is 0 Å². The van der Waals surface area contributed by atoms with Gasteiger partial charge in [-0.15, -0.1) is 0 Å². The Balaban J connectivity index is 1.91. The fraction of sp³-hybridized carbons (Fsp3) is 0.133. The van der Waals surface area contributed by atoms with Crippen LogP contribution in [0, 0.1) is 10.1 Å². The molecule has 1 aliphatic rings. The largest absolute Gasteiger partial charge is 0.508 e. The number of ketones is 1. The summed E-state index contributed by atoms with van der Waals surface area (Å²) in [7, 11) is 0. The summed E-state index contributed by atoms with van der Waals surface area (Å²) in [5.41, 5.74) is 1.18. The number of non-ortho nitro benzene ring substituents is 1. The summed E-state index contributed by atoms with van der Waals surface area (Å²) in [5, 5.41) is 20.0. The van der Waals surface area contributed by atoms with Gasteiger partial charge in [-0.25, -0.2) is 0 Å². The van der Waals surface area contributed by atoms with E-state index >= 15 is 0 Å². The van der Waals surface area contributed by atoms with Gasteiger partial charge in [0.05, 0.1) is 4.92 Å². The molecule has 21 heavy (non-hydrogen) atoms. The Kier molecular flexibility index (Phi) is 3.06. The first-order valence-corrected chi connectivity index (χ1v) is 6.30. The number of ether oxygens (including phenoxy) is 1. The molecule has 1 unspecified atom stereocenters. The Bertz CT molecular complexity index is 723. The first-order chi connectivity index (χ1) is 10.0. The second-order valence-corrected chi connectivity index (χ2v) is 4.78. The average molecular weight is 285 g/mol. The Labute approximate surface area is 119 Å². The van der Waals surface area contributed by atoms with Crippen LogP contribution in [0.3, 0.4) is 0 Å². The SMILES string of the molecule is O=C1Cc2cc(O)ccc2OC1c1ccc([N+](=O)[O-])cc1. The maximum Gasteiger partial charge on any atom is 0.269 e. The number of hydrogen-bond acceptors (Lipinski definition) is 5. The fourth-order valence-electron chi connectivity index (χ4n) is 2.32. The minimum Gasteiger partial charge on any atom is -0.508 e. The van der Waals surface area contributed by atoms with Gasteiger partial charge >= 0.3 is 0 Å². The molecule has 1 heterocycles. The number of benzene rings is 2. The van der Waals surface area contributed by atoms with Crippen molar-refractivity contribution < 1.29 is 19.6 Å². The number of carbonyl (C=O) groups excluding carboxylic acids is 1. The van der Waals surface area contributed by atoms with E-state index in [9.17, 15) is 20.0 Å². The van der Waals surface area contributed by atoms with Crippen molar-refractivity contribution in [2.45, 2.75) is 12.5 Å². The molecule has 0 bridgehead atoms. The van der Waals surface area contributed by atoms with Gasteiger partial charge in [-0.1, -0.05) is 0 Å². The van der Waals surface area contributed by atoms with Crippen LogP contribution in [0.25, 0.3) is 0 Å². The van der Waals surface area contributed by atoms with E-state index in [4.69, 9.17) is 4.74 Å². The third-order valence-electron chi connectivity index (χ3n) is 3.35. The maximum atomic E-state index is 12.1. The number of phenolic OH excluding ortho intramolecular Hbond substituents is 1. The van der Waals surface area contributed by atoms with E-state index in [2.05, 4.69) is 0 Å². The molecular weight excluding hydrogens is 274 g/mol. The number of nitrogens with zero attached hydrogens (tertiary/aromatic N) is 1. The monoisotopic (exact) mass is 285 g/mol. The molecular formula is C15H11NO5. The van der Waals surface area contributed by atoms with Crippen LogP contribution in [0.2, 0.25) is 0 Å². The Morgan fingerprint density at radius 2 is 1.90 bits per heavy atom. The highest BCUT2D eigenvalue weighted by Crippen LogP contribution is 2.35. The second-order valence-electron chi connectivity index (χ2n) is 4.78. The van der Waals surface area contributed by atoms with Crippen molar-refractivity contribution in [1.29, 1.82) is 0 Å².